The zero-order chi connectivity index (χ0) is 15.1. The Kier molecular flexibility index (Phi) is 2.92. The molecule has 0 spiro atoms. The molecule has 0 saturated carbocycles. The quantitative estimate of drug-likeness (QED) is 0.762. The Hall–Kier alpha value is -2.69. The number of benzene rings is 1. The molecule has 3 heterocycles. The highest BCUT2D eigenvalue weighted by molar-refractivity contribution is 5.96. The summed E-state index contributed by atoms with van der Waals surface area (Å²) >= 11 is 0. The Labute approximate surface area is 127 Å². The molecule has 0 bridgehead atoms. The number of nitrogens with one attached hydrogen (secondary N) is 2. The standard InChI is InChI=1S/C17H16N4O/c1-2-14-16-13(8-15(22)19-17(16)21-20-14)12-5-3-4-10-9-18-7-6-11(10)12/h3-7,9,13H,2,8H2,1H3,(H2,19,20,21,22). The van der Waals surface area contributed by atoms with Crippen LogP contribution in [0.3, 0.4) is 0 Å². The van der Waals surface area contributed by atoms with Crippen LogP contribution in [0, 0.1) is 0 Å². The second kappa shape index (κ2) is 4.94. The van der Waals surface area contributed by atoms with Crippen LogP contribution in [0.25, 0.3) is 10.8 Å². The summed E-state index contributed by atoms with van der Waals surface area (Å²) in [5.74, 6) is 0.713. The lowest BCUT2D eigenvalue weighted by atomic mass is 9.83. The summed E-state index contributed by atoms with van der Waals surface area (Å²) in [4.78, 5) is 16.3. The number of aromatic amines is 1. The number of carbonyl (C=O) groups excluding carboxylic acids is 1. The lowest BCUT2D eigenvalue weighted by Gasteiger charge is -2.24. The number of anilines is 1. The lowest BCUT2D eigenvalue weighted by molar-refractivity contribution is -0.116. The van der Waals surface area contributed by atoms with Crippen molar-refractivity contribution in [1.29, 1.82) is 0 Å². The molecule has 1 atom stereocenters. The summed E-state index contributed by atoms with van der Waals surface area (Å²) in [7, 11) is 0. The van der Waals surface area contributed by atoms with E-state index in [0.717, 1.165) is 34.0 Å². The van der Waals surface area contributed by atoms with Gasteiger partial charge in [-0.2, -0.15) is 5.10 Å². The van der Waals surface area contributed by atoms with E-state index in [1.165, 1.54) is 0 Å². The van der Waals surface area contributed by atoms with Crippen molar-refractivity contribution in [1.82, 2.24) is 15.2 Å². The first kappa shape index (κ1) is 13.0. The maximum absolute atomic E-state index is 12.1. The highest BCUT2D eigenvalue weighted by Gasteiger charge is 2.31. The van der Waals surface area contributed by atoms with Crippen LogP contribution >= 0.6 is 0 Å². The first-order valence-electron chi connectivity index (χ1n) is 7.47. The number of hydrogen-bond donors (Lipinski definition) is 2. The molecule has 5 nitrogen and oxygen atoms in total. The van der Waals surface area contributed by atoms with Crippen LogP contribution in [0.4, 0.5) is 5.82 Å². The average Bonchev–Trinajstić information content (AvgIpc) is 2.96. The molecule has 0 fully saturated rings. The van der Waals surface area contributed by atoms with Crippen molar-refractivity contribution < 1.29 is 4.79 Å². The highest BCUT2D eigenvalue weighted by Crippen LogP contribution is 2.40. The lowest BCUT2D eigenvalue weighted by Crippen LogP contribution is -2.23. The summed E-state index contributed by atoms with van der Waals surface area (Å²) in [5, 5.41) is 12.4. The van der Waals surface area contributed by atoms with E-state index in [2.05, 4.69) is 33.5 Å². The summed E-state index contributed by atoms with van der Waals surface area (Å²) < 4.78 is 0. The van der Waals surface area contributed by atoms with Crippen LogP contribution in [0.2, 0.25) is 0 Å². The molecular formula is C17H16N4O. The molecule has 0 radical (unpaired) electrons. The van der Waals surface area contributed by atoms with Gasteiger partial charge in [-0.3, -0.25) is 14.9 Å². The fourth-order valence-corrected chi connectivity index (χ4v) is 3.31. The number of H-pyrrole nitrogens is 1. The number of aromatic nitrogens is 3. The zero-order valence-corrected chi connectivity index (χ0v) is 12.3. The molecule has 1 aromatic carbocycles. The van der Waals surface area contributed by atoms with Crippen molar-refractivity contribution in [3.8, 4) is 0 Å². The molecule has 0 aliphatic carbocycles. The highest BCUT2D eigenvalue weighted by atomic mass is 16.1. The molecule has 1 amide bonds. The number of pyridine rings is 1. The molecule has 1 unspecified atom stereocenters. The third-order valence-electron chi connectivity index (χ3n) is 4.32. The number of fused-ring (bicyclic) bond motifs is 2. The fourth-order valence-electron chi connectivity index (χ4n) is 3.31. The van der Waals surface area contributed by atoms with E-state index in [1.54, 1.807) is 6.20 Å². The molecule has 4 rings (SSSR count). The molecule has 3 aromatic rings. The second-order valence-corrected chi connectivity index (χ2v) is 5.57. The van der Waals surface area contributed by atoms with Gasteiger partial charge in [-0.25, -0.2) is 0 Å². The van der Waals surface area contributed by atoms with E-state index < -0.39 is 0 Å². The van der Waals surface area contributed by atoms with Crippen molar-refractivity contribution in [2.45, 2.75) is 25.7 Å². The van der Waals surface area contributed by atoms with Crippen molar-refractivity contribution in [3.05, 3.63) is 53.5 Å². The van der Waals surface area contributed by atoms with Crippen LogP contribution in [-0.2, 0) is 11.2 Å². The summed E-state index contributed by atoms with van der Waals surface area (Å²) in [6, 6.07) is 8.19. The van der Waals surface area contributed by atoms with E-state index in [9.17, 15) is 4.79 Å². The van der Waals surface area contributed by atoms with Crippen LogP contribution in [0.5, 0.6) is 0 Å². The van der Waals surface area contributed by atoms with E-state index in [-0.39, 0.29) is 11.8 Å². The number of rotatable bonds is 2. The zero-order valence-electron chi connectivity index (χ0n) is 12.3. The molecule has 1 aliphatic rings. The largest absolute Gasteiger partial charge is 0.309 e. The van der Waals surface area contributed by atoms with Gasteiger partial charge in [-0.1, -0.05) is 25.1 Å². The molecular weight excluding hydrogens is 276 g/mol. The van der Waals surface area contributed by atoms with E-state index in [1.807, 2.05) is 24.4 Å². The van der Waals surface area contributed by atoms with Crippen LogP contribution in [-0.4, -0.2) is 21.1 Å². The van der Waals surface area contributed by atoms with Gasteiger partial charge in [0.05, 0.1) is 0 Å². The Morgan fingerprint density at radius 1 is 1.32 bits per heavy atom. The first-order valence-corrected chi connectivity index (χ1v) is 7.47. The van der Waals surface area contributed by atoms with Gasteiger partial charge >= 0.3 is 0 Å². The van der Waals surface area contributed by atoms with Crippen LogP contribution < -0.4 is 5.32 Å². The maximum Gasteiger partial charge on any atom is 0.226 e. The topological polar surface area (TPSA) is 70.7 Å². The van der Waals surface area contributed by atoms with Gasteiger partial charge in [0, 0.05) is 41.4 Å². The van der Waals surface area contributed by atoms with Gasteiger partial charge in [0.2, 0.25) is 5.91 Å². The minimum atomic E-state index is 0.0118. The van der Waals surface area contributed by atoms with E-state index in [4.69, 9.17) is 0 Å². The second-order valence-electron chi connectivity index (χ2n) is 5.57. The molecule has 22 heavy (non-hydrogen) atoms. The molecule has 110 valence electrons. The number of hydrogen-bond acceptors (Lipinski definition) is 3. The minimum Gasteiger partial charge on any atom is -0.309 e. The van der Waals surface area contributed by atoms with Gasteiger partial charge in [0.15, 0.2) is 5.82 Å². The van der Waals surface area contributed by atoms with Crippen molar-refractivity contribution in [3.63, 3.8) is 0 Å². The summed E-state index contributed by atoms with van der Waals surface area (Å²) in [6.45, 7) is 2.09. The van der Waals surface area contributed by atoms with E-state index >= 15 is 0 Å². The average molecular weight is 292 g/mol. The third-order valence-corrected chi connectivity index (χ3v) is 4.32. The fraction of sp³-hybridized carbons (Fsp3) is 0.235. The monoisotopic (exact) mass is 292 g/mol. The van der Waals surface area contributed by atoms with Crippen LogP contribution in [0.1, 0.15) is 36.1 Å². The molecule has 0 saturated heterocycles. The van der Waals surface area contributed by atoms with Gasteiger partial charge in [0.1, 0.15) is 0 Å². The number of aryl methyl sites for hydroxylation is 1. The first-order chi connectivity index (χ1) is 10.8. The van der Waals surface area contributed by atoms with Crippen molar-refractivity contribution in [2.75, 3.05) is 5.32 Å². The van der Waals surface area contributed by atoms with Crippen LogP contribution in [0.15, 0.2) is 36.7 Å². The molecule has 5 heteroatoms. The Balaban J connectivity index is 1.95. The SMILES string of the molecule is CCc1[nH]nc2c1C(c1cccc3cnccc13)CC(=O)N2. The number of nitrogens with zero attached hydrogens (tertiary/aromatic N) is 2. The normalized spacial score (nSPS) is 17.3. The summed E-state index contributed by atoms with van der Waals surface area (Å²) in [5.41, 5.74) is 3.37. The predicted octanol–water partition coefficient (Wildman–Crippen LogP) is 2.99. The Morgan fingerprint density at radius 2 is 2.23 bits per heavy atom. The van der Waals surface area contributed by atoms with Gasteiger partial charge in [-0.15, -0.1) is 0 Å². The molecule has 2 N–H and O–H groups in total. The number of amides is 1. The molecule has 2 aromatic heterocycles. The predicted molar refractivity (Wildman–Crippen MR) is 84.8 cm³/mol. The van der Waals surface area contributed by atoms with Crippen molar-refractivity contribution in [2.24, 2.45) is 0 Å². The summed E-state index contributed by atoms with van der Waals surface area (Å²) in [6.07, 6.45) is 4.96. The third kappa shape index (κ3) is 1.89. The van der Waals surface area contributed by atoms with E-state index in [0.29, 0.717) is 12.2 Å². The maximum atomic E-state index is 12.1. The van der Waals surface area contributed by atoms with Gasteiger partial charge < -0.3 is 5.32 Å². The number of carbonyl (C=O) groups is 1. The minimum absolute atomic E-state index is 0.0118. The smallest absolute Gasteiger partial charge is 0.226 e. The van der Waals surface area contributed by atoms with Gasteiger partial charge in [-0.05, 0) is 23.4 Å². The Morgan fingerprint density at radius 3 is 3.09 bits per heavy atom. The Bertz CT molecular complexity index is 863. The molecule has 1 aliphatic heterocycles. The van der Waals surface area contributed by atoms with Gasteiger partial charge in [0.25, 0.3) is 0 Å². The van der Waals surface area contributed by atoms with Crippen molar-refractivity contribution >= 4 is 22.5 Å².